The number of benzene rings is 2. The molecule has 1 amide bonds. The Morgan fingerprint density at radius 3 is 2.62 bits per heavy atom. The quantitative estimate of drug-likeness (QED) is 0.417. The molecule has 3 heterocycles. The Morgan fingerprint density at radius 2 is 1.85 bits per heavy atom. The zero-order valence-electron chi connectivity index (χ0n) is 17.5. The summed E-state index contributed by atoms with van der Waals surface area (Å²) in [5, 5.41) is 3.43. The third kappa shape index (κ3) is 4.30. The predicted octanol–water partition coefficient (Wildman–Crippen LogP) is 4.51. The zero-order chi connectivity index (χ0) is 23.9. The van der Waals surface area contributed by atoms with Crippen LogP contribution in [0, 0.1) is 0 Å². The normalized spacial score (nSPS) is 14.9. The van der Waals surface area contributed by atoms with Crippen molar-refractivity contribution in [1.29, 1.82) is 0 Å². The second-order valence-electron chi connectivity index (χ2n) is 7.52. The molecule has 1 aliphatic heterocycles. The lowest BCUT2D eigenvalue weighted by Gasteiger charge is -2.17. The minimum absolute atomic E-state index is 0.134. The van der Waals surface area contributed by atoms with E-state index in [1.807, 2.05) is 24.3 Å². The first-order valence-electron chi connectivity index (χ1n) is 10.2. The first-order valence-corrected chi connectivity index (χ1v) is 12.4. The monoisotopic (exact) mass is 513 g/mol. The van der Waals surface area contributed by atoms with Gasteiger partial charge in [0.25, 0.3) is 5.91 Å². The molecule has 1 saturated heterocycles. The van der Waals surface area contributed by atoms with Crippen molar-refractivity contribution < 1.29 is 13.2 Å². The standard InChI is InChI=1S/C23H17Cl2N5O3S/c24-18-6-3-14(12-17(18)20-7-8-21-22(29-20)2-1-9-26-21)28-23(31)16-5-4-15(13-19(16)25)30-11-10-27-34(30,32)33/h1-9,12-13,27H,10-11H2,(H,28,31). The second-order valence-corrected chi connectivity index (χ2v) is 10.0. The highest BCUT2D eigenvalue weighted by Crippen LogP contribution is 2.31. The summed E-state index contributed by atoms with van der Waals surface area (Å²) < 4.78 is 27.7. The number of anilines is 2. The first kappa shape index (κ1) is 22.5. The average Bonchev–Trinajstić information content (AvgIpc) is 3.18. The third-order valence-corrected chi connectivity index (χ3v) is 7.52. The van der Waals surface area contributed by atoms with E-state index < -0.39 is 16.1 Å². The Hall–Kier alpha value is -3.24. The van der Waals surface area contributed by atoms with Crippen molar-refractivity contribution in [3.63, 3.8) is 0 Å². The summed E-state index contributed by atoms with van der Waals surface area (Å²) in [7, 11) is -3.59. The van der Waals surface area contributed by atoms with Crippen LogP contribution in [0.5, 0.6) is 0 Å². The van der Waals surface area contributed by atoms with E-state index >= 15 is 0 Å². The van der Waals surface area contributed by atoms with Gasteiger partial charge in [-0.05, 0) is 60.7 Å². The van der Waals surface area contributed by atoms with Gasteiger partial charge in [-0.15, -0.1) is 0 Å². The van der Waals surface area contributed by atoms with Gasteiger partial charge < -0.3 is 5.32 Å². The largest absolute Gasteiger partial charge is 0.322 e. The predicted molar refractivity (Wildman–Crippen MR) is 134 cm³/mol. The van der Waals surface area contributed by atoms with Crippen molar-refractivity contribution in [2.45, 2.75) is 0 Å². The number of hydrogen-bond donors (Lipinski definition) is 2. The highest BCUT2D eigenvalue weighted by molar-refractivity contribution is 7.91. The van der Waals surface area contributed by atoms with Crippen LogP contribution in [-0.2, 0) is 10.2 Å². The SMILES string of the molecule is O=C(Nc1ccc(Cl)c(-c2ccc3ncccc3n2)c1)c1ccc(N2CCNS2(=O)=O)cc1Cl. The number of pyridine rings is 2. The van der Waals surface area contributed by atoms with Gasteiger partial charge in [-0.25, -0.2) is 4.98 Å². The molecule has 0 radical (unpaired) electrons. The Labute approximate surface area is 205 Å². The Balaban J connectivity index is 1.41. The maximum Gasteiger partial charge on any atom is 0.301 e. The number of aromatic nitrogens is 2. The van der Waals surface area contributed by atoms with Crippen LogP contribution >= 0.6 is 23.2 Å². The van der Waals surface area contributed by atoms with Gasteiger partial charge in [-0.1, -0.05) is 23.2 Å². The van der Waals surface area contributed by atoms with E-state index in [9.17, 15) is 13.2 Å². The molecule has 1 fully saturated rings. The van der Waals surface area contributed by atoms with Crippen molar-refractivity contribution in [3.05, 3.63) is 82.5 Å². The summed E-state index contributed by atoms with van der Waals surface area (Å²) in [4.78, 5) is 21.8. The molecule has 8 nitrogen and oxygen atoms in total. The molecule has 2 aromatic heterocycles. The number of carbonyl (C=O) groups excluding carboxylic acids is 1. The molecule has 0 aliphatic carbocycles. The molecule has 0 spiro atoms. The molecule has 0 atom stereocenters. The molecule has 2 aromatic carbocycles. The van der Waals surface area contributed by atoms with E-state index in [0.717, 1.165) is 11.0 Å². The van der Waals surface area contributed by atoms with Crippen LogP contribution in [0.2, 0.25) is 10.0 Å². The van der Waals surface area contributed by atoms with Gasteiger partial charge in [0.15, 0.2) is 0 Å². The molecule has 11 heteroatoms. The lowest BCUT2D eigenvalue weighted by atomic mass is 10.1. The molecule has 172 valence electrons. The van der Waals surface area contributed by atoms with Crippen molar-refractivity contribution in [2.75, 3.05) is 22.7 Å². The van der Waals surface area contributed by atoms with Crippen molar-refractivity contribution in [3.8, 4) is 11.3 Å². The van der Waals surface area contributed by atoms with Crippen LogP contribution in [0.15, 0.2) is 66.9 Å². The number of hydrogen-bond acceptors (Lipinski definition) is 5. The van der Waals surface area contributed by atoms with Crippen LogP contribution in [0.4, 0.5) is 11.4 Å². The number of nitrogens with one attached hydrogen (secondary N) is 2. The third-order valence-electron chi connectivity index (χ3n) is 5.33. The second kappa shape index (κ2) is 8.84. The number of fused-ring (bicyclic) bond motifs is 1. The van der Waals surface area contributed by atoms with E-state index in [1.54, 1.807) is 30.5 Å². The number of halogens is 2. The molecular weight excluding hydrogens is 497 g/mol. The van der Waals surface area contributed by atoms with Crippen LogP contribution in [-0.4, -0.2) is 37.4 Å². The van der Waals surface area contributed by atoms with Gasteiger partial charge in [-0.2, -0.15) is 13.1 Å². The summed E-state index contributed by atoms with van der Waals surface area (Å²) in [6.45, 7) is 0.598. The highest BCUT2D eigenvalue weighted by Gasteiger charge is 2.28. The maximum atomic E-state index is 12.9. The molecule has 5 rings (SSSR count). The Kier molecular flexibility index (Phi) is 5.86. The van der Waals surface area contributed by atoms with E-state index in [2.05, 4.69) is 20.0 Å². The Morgan fingerprint density at radius 1 is 1.00 bits per heavy atom. The zero-order valence-corrected chi connectivity index (χ0v) is 19.8. The Bertz CT molecular complexity index is 1550. The van der Waals surface area contributed by atoms with E-state index in [4.69, 9.17) is 23.2 Å². The molecule has 4 aromatic rings. The van der Waals surface area contributed by atoms with E-state index in [-0.39, 0.29) is 17.1 Å². The minimum atomic E-state index is -3.59. The summed E-state index contributed by atoms with van der Waals surface area (Å²) in [5.41, 5.74) is 3.89. The summed E-state index contributed by atoms with van der Waals surface area (Å²) in [5.74, 6) is -0.442. The fourth-order valence-electron chi connectivity index (χ4n) is 3.69. The van der Waals surface area contributed by atoms with Crippen LogP contribution in [0.3, 0.4) is 0 Å². The lowest BCUT2D eigenvalue weighted by molar-refractivity contribution is 0.102. The number of nitrogens with zero attached hydrogens (tertiary/aromatic N) is 3. The highest BCUT2D eigenvalue weighted by atomic mass is 35.5. The molecule has 34 heavy (non-hydrogen) atoms. The number of amides is 1. The van der Waals surface area contributed by atoms with E-state index in [0.29, 0.717) is 34.2 Å². The van der Waals surface area contributed by atoms with Gasteiger partial charge in [-0.3, -0.25) is 14.1 Å². The fraction of sp³-hybridized carbons (Fsp3) is 0.0870. The first-order chi connectivity index (χ1) is 16.3. The van der Waals surface area contributed by atoms with Gasteiger partial charge in [0, 0.05) is 30.5 Å². The van der Waals surface area contributed by atoms with Crippen LogP contribution in [0.25, 0.3) is 22.3 Å². The fourth-order valence-corrected chi connectivity index (χ4v) is 5.39. The lowest BCUT2D eigenvalue weighted by Crippen LogP contribution is -2.29. The van der Waals surface area contributed by atoms with Gasteiger partial charge >= 0.3 is 10.2 Å². The van der Waals surface area contributed by atoms with Crippen molar-refractivity contribution >= 4 is 61.7 Å². The molecule has 0 saturated carbocycles. The number of rotatable bonds is 4. The van der Waals surface area contributed by atoms with Gasteiger partial charge in [0.1, 0.15) is 0 Å². The molecule has 0 bridgehead atoms. The summed E-state index contributed by atoms with van der Waals surface area (Å²) in [6.07, 6.45) is 1.70. The van der Waals surface area contributed by atoms with E-state index in [1.165, 1.54) is 16.4 Å². The topological polar surface area (TPSA) is 104 Å². The molecule has 2 N–H and O–H groups in total. The van der Waals surface area contributed by atoms with Gasteiger partial charge in [0.05, 0.1) is 38.0 Å². The average molecular weight is 514 g/mol. The van der Waals surface area contributed by atoms with Crippen LogP contribution in [0.1, 0.15) is 10.4 Å². The summed E-state index contributed by atoms with van der Waals surface area (Å²) in [6, 6.07) is 16.9. The van der Waals surface area contributed by atoms with Gasteiger partial charge in [0.2, 0.25) is 0 Å². The van der Waals surface area contributed by atoms with Crippen molar-refractivity contribution in [1.82, 2.24) is 14.7 Å². The van der Waals surface area contributed by atoms with Crippen LogP contribution < -0.4 is 14.3 Å². The minimum Gasteiger partial charge on any atom is -0.322 e. The van der Waals surface area contributed by atoms with Crippen molar-refractivity contribution in [2.24, 2.45) is 0 Å². The molecular formula is C23H17Cl2N5O3S. The molecule has 0 unspecified atom stereocenters. The summed E-state index contributed by atoms with van der Waals surface area (Å²) >= 11 is 12.7. The molecule has 1 aliphatic rings. The number of carbonyl (C=O) groups is 1. The maximum absolute atomic E-state index is 12.9. The smallest absolute Gasteiger partial charge is 0.301 e.